The average Bonchev–Trinajstić information content (AvgIpc) is 2.41. The number of nitrogens with zero attached hydrogens (tertiary/aromatic N) is 2. The molecule has 19 heavy (non-hydrogen) atoms. The SMILES string of the molecule is CCn1ccnc(NC(C)c2cccc(Br)c2)c1=O. The minimum absolute atomic E-state index is 0.0189. The van der Waals surface area contributed by atoms with Gasteiger partial charge < -0.3 is 9.88 Å². The van der Waals surface area contributed by atoms with Crippen molar-refractivity contribution in [2.24, 2.45) is 0 Å². The number of aryl methyl sites for hydroxylation is 1. The lowest BCUT2D eigenvalue weighted by Crippen LogP contribution is -2.24. The first-order valence-corrected chi connectivity index (χ1v) is 6.98. The summed E-state index contributed by atoms with van der Waals surface area (Å²) >= 11 is 3.44. The maximum Gasteiger partial charge on any atom is 0.293 e. The molecule has 4 nitrogen and oxygen atoms in total. The van der Waals surface area contributed by atoms with Crippen molar-refractivity contribution in [3.63, 3.8) is 0 Å². The summed E-state index contributed by atoms with van der Waals surface area (Å²) in [4.78, 5) is 16.2. The van der Waals surface area contributed by atoms with Gasteiger partial charge in [-0.2, -0.15) is 0 Å². The van der Waals surface area contributed by atoms with E-state index in [-0.39, 0.29) is 11.6 Å². The Morgan fingerprint density at radius 2 is 2.26 bits per heavy atom. The highest BCUT2D eigenvalue weighted by Crippen LogP contribution is 2.19. The van der Waals surface area contributed by atoms with Crippen LogP contribution in [0.15, 0.2) is 45.9 Å². The highest BCUT2D eigenvalue weighted by Gasteiger charge is 2.10. The van der Waals surface area contributed by atoms with E-state index >= 15 is 0 Å². The summed E-state index contributed by atoms with van der Waals surface area (Å²) in [6, 6.07) is 8.01. The van der Waals surface area contributed by atoms with Crippen LogP contribution in [0, 0.1) is 0 Å². The third-order valence-corrected chi connectivity index (χ3v) is 3.45. The maximum atomic E-state index is 12.1. The van der Waals surface area contributed by atoms with Gasteiger partial charge in [-0.1, -0.05) is 28.1 Å². The molecule has 5 heteroatoms. The molecular weight excluding hydrogens is 306 g/mol. The quantitative estimate of drug-likeness (QED) is 0.940. The number of anilines is 1. The lowest BCUT2D eigenvalue weighted by Gasteiger charge is -2.15. The van der Waals surface area contributed by atoms with E-state index < -0.39 is 0 Å². The predicted molar refractivity (Wildman–Crippen MR) is 80.4 cm³/mol. The molecule has 0 aliphatic rings. The largest absolute Gasteiger partial charge is 0.359 e. The molecule has 0 amide bonds. The Hall–Kier alpha value is -1.62. The molecule has 1 heterocycles. The van der Waals surface area contributed by atoms with Gasteiger partial charge in [-0.3, -0.25) is 4.79 Å². The molecule has 0 aliphatic heterocycles. The van der Waals surface area contributed by atoms with Crippen LogP contribution in [0.25, 0.3) is 0 Å². The predicted octanol–water partition coefficient (Wildman–Crippen LogP) is 3.20. The van der Waals surface area contributed by atoms with Crippen molar-refractivity contribution in [2.75, 3.05) is 5.32 Å². The van der Waals surface area contributed by atoms with Gasteiger partial charge in [-0.05, 0) is 31.5 Å². The molecule has 1 aromatic heterocycles. The van der Waals surface area contributed by atoms with Gasteiger partial charge in [0.05, 0.1) is 6.04 Å². The Bertz CT molecular complexity index is 624. The Labute approximate surface area is 120 Å². The molecule has 1 N–H and O–H groups in total. The van der Waals surface area contributed by atoms with E-state index in [1.807, 2.05) is 38.1 Å². The van der Waals surface area contributed by atoms with Crippen LogP contribution < -0.4 is 10.9 Å². The molecule has 1 unspecified atom stereocenters. The van der Waals surface area contributed by atoms with Gasteiger partial charge in [0, 0.05) is 23.4 Å². The van der Waals surface area contributed by atoms with Crippen molar-refractivity contribution in [3.05, 3.63) is 57.0 Å². The number of nitrogens with one attached hydrogen (secondary N) is 1. The van der Waals surface area contributed by atoms with Crippen LogP contribution in [-0.4, -0.2) is 9.55 Å². The van der Waals surface area contributed by atoms with Gasteiger partial charge in [-0.25, -0.2) is 4.98 Å². The fourth-order valence-electron chi connectivity index (χ4n) is 1.86. The third kappa shape index (κ3) is 3.23. The second kappa shape index (κ2) is 6.02. The molecule has 2 aromatic rings. The topological polar surface area (TPSA) is 46.9 Å². The highest BCUT2D eigenvalue weighted by molar-refractivity contribution is 9.10. The first-order chi connectivity index (χ1) is 9.11. The normalized spacial score (nSPS) is 12.2. The van der Waals surface area contributed by atoms with Crippen molar-refractivity contribution in [2.45, 2.75) is 26.4 Å². The van der Waals surface area contributed by atoms with E-state index in [4.69, 9.17) is 0 Å². The zero-order valence-electron chi connectivity index (χ0n) is 10.9. The molecule has 0 bridgehead atoms. The molecule has 0 spiro atoms. The maximum absolute atomic E-state index is 12.1. The third-order valence-electron chi connectivity index (χ3n) is 2.96. The van der Waals surface area contributed by atoms with Crippen molar-refractivity contribution < 1.29 is 0 Å². The molecule has 1 aromatic carbocycles. The molecule has 0 fully saturated rings. The number of aromatic nitrogens is 2. The monoisotopic (exact) mass is 321 g/mol. The number of hydrogen-bond donors (Lipinski definition) is 1. The number of halogens is 1. The summed E-state index contributed by atoms with van der Waals surface area (Å²) in [5.41, 5.74) is 1.01. The van der Waals surface area contributed by atoms with Gasteiger partial charge in [0.15, 0.2) is 5.82 Å². The van der Waals surface area contributed by atoms with Gasteiger partial charge in [0.25, 0.3) is 5.56 Å². The van der Waals surface area contributed by atoms with Gasteiger partial charge in [-0.15, -0.1) is 0 Å². The van der Waals surface area contributed by atoms with Crippen molar-refractivity contribution >= 4 is 21.7 Å². The number of hydrogen-bond acceptors (Lipinski definition) is 3. The van der Waals surface area contributed by atoms with Crippen LogP contribution in [0.1, 0.15) is 25.5 Å². The second-order valence-corrected chi connectivity index (χ2v) is 5.20. The van der Waals surface area contributed by atoms with E-state index in [1.165, 1.54) is 0 Å². The summed E-state index contributed by atoms with van der Waals surface area (Å²) < 4.78 is 2.65. The van der Waals surface area contributed by atoms with Crippen LogP contribution in [0.3, 0.4) is 0 Å². The standard InChI is InChI=1S/C14H16BrN3O/c1-3-18-8-7-16-13(14(18)19)17-10(2)11-5-4-6-12(15)9-11/h4-10H,3H2,1-2H3,(H,16,17). The van der Waals surface area contributed by atoms with Crippen LogP contribution in [0.4, 0.5) is 5.82 Å². The molecule has 100 valence electrons. The summed E-state index contributed by atoms with van der Waals surface area (Å²) in [5.74, 6) is 0.386. The van der Waals surface area contributed by atoms with E-state index in [0.717, 1.165) is 10.0 Å². The summed E-state index contributed by atoms with van der Waals surface area (Å²) in [7, 11) is 0. The van der Waals surface area contributed by atoms with Gasteiger partial charge in [0.1, 0.15) is 0 Å². The van der Waals surface area contributed by atoms with Crippen LogP contribution in [0.2, 0.25) is 0 Å². The van der Waals surface area contributed by atoms with Crippen LogP contribution >= 0.6 is 15.9 Å². The van der Waals surface area contributed by atoms with E-state index in [0.29, 0.717) is 12.4 Å². The van der Waals surface area contributed by atoms with Crippen LogP contribution in [-0.2, 0) is 6.54 Å². The van der Waals surface area contributed by atoms with E-state index in [2.05, 4.69) is 26.2 Å². The van der Waals surface area contributed by atoms with Crippen molar-refractivity contribution in [3.8, 4) is 0 Å². The fourth-order valence-corrected chi connectivity index (χ4v) is 2.28. The molecule has 0 saturated carbocycles. The van der Waals surface area contributed by atoms with Gasteiger partial charge in [0.2, 0.25) is 0 Å². The molecule has 1 atom stereocenters. The Morgan fingerprint density at radius 3 is 2.95 bits per heavy atom. The minimum atomic E-state index is -0.0909. The molecule has 0 radical (unpaired) electrons. The first-order valence-electron chi connectivity index (χ1n) is 6.19. The molecule has 0 aliphatic carbocycles. The van der Waals surface area contributed by atoms with Crippen molar-refractivity contribution in [1.82, 2.24) is 9.55 Å². The molecule has 2 rings (SSSR count). The van der Waals surface area contributed by atoms with Gasteiger partial charge >= 0.3 is 0 Å². The fraction of sp³-hybridized carbons (Fsp3) is 0.286. The first kappa shape index (κ1) is 13.8. The summed E-state index contributed by atoms with van der Waals surface area (Å²) in [6.45, 7) is 4.58. The average molecular weight is 322 g/mol. The Balaban J connectivity index is 2.24. The lowest BCUT2D eigenvalue weighted by molar-refractivity contribution is 0.714. The zero-order valence-corrected chi connectivity index (χ0v) is 12.5. The smallest absolute Gasteiger partial charge is 0.293 e. The zero-order chi connectivity index (χ0) is 13.8. The Morgan fingerprint density at radius 1 is 1.47 bits per heavy atom. The summed E-state index contributed by atoms with van der Waals surface area (Å²) in [6.07, 6.45) is 3.33. The minimum Gasteiger partial charge on any atom is -0.359 e. The Kier molecular flexibility index (Phi) is 4.37. The number of benzene rings is 1. The number of rotatable bonds is 4. The van der Waals surface area contributed by atoms with E-state index in [9.17, 15) is 4.79 Å². The molecule has 0 saturated heterocycles. The van der Waals surface area contributed by atoms with Crippen LogP contribution in [0.5, 0.6) is 0 Å². The lowest BCUT2D eigenvalue weighted by atomic mass is 10.1. The second-order valence-electron chi connectivity index (χ2n) is 4.29. The summed E-state index contributed by atoms with van der Waals surface area (Å²) in [5, 5.41) is 3.16. The molecular formula is C14H16BrN3O. The van der Waals surface area contributed by atoms with E-state index in [1.54, 1.807) is 17.0 Å². The highest BCUT2D eigenvalue weighted by atomic mass is 79.9. The van der Waals surface area contributed by atoms with Crippen molar-refractivity contribution in [1.29, 1.82) is 0 Å².